The fraction of sp³-hybridized carbons (Fsp3) is 0.875. The number of hydrogen-bond acceptors (Lipinski definition) is 4. The van der Waals surface area contributed by atoms with Gasteiger partial charge in [-0.05, 0) is 34.6 Å². The van der Waals surface area contributed by atoms with Gasteiger partial charge in [0.1, 0.15) is 0 Å². The van der Waals surface area contributed by atoms with Gasteiger partial charge in [0.05, 0.1) is 11.7 Å². The van der Waals surface area contributed by atoms with Crippen molar-refractivity contribution in [3.05, 3.63) is 0 Å². The molecule has 0 spiro atoms. The summed E-state index contributed by atoms with van der Waals surface area (Å²) in [6.45, 7) is 8.63. The predicted octanol–water partition coefficient (Wildman–Crippen LogP) is 2.36. The topological polar surface area (TPSA) is 76.0 Å². The highest BCUT2D eigenvalue weighted by molar-refractivity contribution is 5.56. The van der Waals surface area contributed by atoms with E-state index in [0.717, 1.165) is 0 Å². The van der Waals surface area contributed by atoms with Gasteiger partial charge in [0.2, 0.25) is 0 Å². The molecule has 0 aromatic rings. The van der Waals surface area contributed by atoms with Crippen LogP contribution in [0.1, 0.15) is 34.6 Å². The van der Waals surface area contributed by atoms with Crippen molar-refractivity contribution in [1.82, 2.24) is 0 Å². The predicted molar refractivity (Wildman–Crippen MR) is 47.7 cm³/mol. The second-order valence-electron chi connectivity index (χ2n) is 3.64. The van der Waals surface area contributed by atoms with Crippen molar-refractivity contribution in [2.45, 2.75) is 46.3 Å². The molecule has 0 fully saturated rings. The van der Waals surface area contributed by atoms with Gasteiger partial charge in [0, 0.05) is 0 Å². The normalized spacial score (nSPS) is 10.4. The summed E-state index contributed by atoms with van der Waals surface area (Å²) in [5.41, 5.74) is -0.403. The van der Waals surface area contributed by atoms with Gasteiger partial charge in [0.15, 0.2) is 0 Å². The van der Waals surface area contributed by atoms with Crippen LogP contribution in [0, 0.1) is 0 Å². The minimum absolute atomic E-state index is 0.225. The molecule has 0 saturated carbocycles. The van der Waals surface area contributed by atoms with Crippen LogP contribution in [0.4, 0.5) is 4.79 Å². The molecule has 2 N–H and O–H groups in total. The molecule has 0 saturated heterocycles. The Hall–Kier alpha value is -0.810. The van der Waals surface area contributed by atoms with Gasteiger partial charge in [-0.2, -0.15) is 0 Å². The van der Waals surface area contributed by atoms with Crippen LogP contribution in [0.15, 0.2) is 0 Å². The lowest BCUT2D eigenvalue weighted by Gasteiger charge is -2.10. The molecule has 0 bridgehead atoms. The fourth-order valence-corrected chi connectivity index (χ4v) is 0.202. The van der Waals surface area contributed by atoms with Crippen molar-refractivity contribution in [3.63, 3.8) is 0 Å². The third-order valence-corrected chi connectivity index (χ3v) is 0.610. The van der Waals surface area contributed by atoms with Crippen molar-refractivity contribution in [3.8, 4) is 0 Å². The van der Waals surface area contributed by atoms with Crippen molar-refractivity contribution in [1.29, 1.82) is 0 Å². The first-order valence-corrected chi connectivity index (χ1v) is 3.91. The molecule has 0 aromatic heterocycles. The Kier molecular flexibility index (Phi) is 7.55. The van der Waals surface area contributed by atoms with Crippen molar-refractivity contribution < 1.29 is 24.8 Å². The lowest BCUT2D eigenvalue weighted by molar-refractivity contribution is -0.306. The molecule has 0 aliphatic carbocycles. The summed E-state index contributed by atoms with van der Waals surface area (Å²) < 4.78 is 4.17. The largest absolute Gasteiger partial charge is 0.506 e. The first-order chi connectivity index (χ1) is 5.69. The van der Waals surface area contributed by atoms with Gasteiger partial charge in [-0.15, -0.1) is 0 Å². The molecule has 0 amide bonds. The van der Waals surface area contributed by atoms with E-state index >= 15 is 0 Å². The van der Waals surface area contributed by atoms with E-state index in [2.05, 4.69) is 9.62 Å². The molecule has 0 aliphatic heterocycles. The lowest BCUT2D eigenvalue weighted by atomic mass is 10.2. The summed E-state index contributed by atoms with van der Waals surface area (Å²) in [5.74, 6) is 0. The molecule has 0 atom stereocenters. The van der Waals surface area contributed by atoms with E-state index in [4.69, 9.17) is 10.4 Å². The molecule has 13 heavy (non-hydrogen) atoms. The van der Waals surface area contributed by atoms with Crippen LogP contribution >= 0.6 is 0 Å². The Bertz CT molecular complexity index is 136. The van der Waals surface area contributed by atoms with Crippen LogP contribution in [0.3, 0.4) is 0 Å². The second-order valence-corrected chi connectivity index (χ2v) is 3.64. The molecule has 0 rings (SSSR count). The van der Waals surface area contributed by atoms with E-state index < -0.39 is 11.8 Å². The average molecular weight is 194 g/mol. The number of rotatable bonds is 1. The van der Waals surface area contributed by atoms with E-state index in [1.165, 1.54) is 0 Å². The minimum atomic E-state index is -1.21. The SMILES string of the molecule is CC(C)(C)OO.CC(C)OC(=O)O. The van der Waals surface area contributed by atoms with E-state index in [-0.39, 0.29) is 6.10 Å². The Labute approximate surface area is 78.2 Å². The molecule has 5 heteroatoms. The highest BCUT2D eigenvalue weighted by Crippen LogP contribution is 2.01. The first kappa shape index (κ1) is 14.7. The monoisotopic (exact) mass is 194 g/mol. The lowest BCUT2D eigenvalue weighted by Crippen LogP contribution is -2.15. The number of hydrogen-bond donors (Lipinski definition) is 2. The van der Waals surface area contributed by atoms with E-state index in [1.807, 2.05) is 0 Å². The number of ether oxygens (including phenoxy) is 1. The molecule has 80 valence electrons. The van der Waals surface area contributed by atoms with Gasteiger partial charge < -0.3 is 9.84 Å². The number of carbonyl (C=O) groups is 1. The van der Waals surface area contributed by atoms with Crippen molar-refractivity contribution in [2.75, 3.05) is 0 Å². The summed E-state index contributed by atoms with van der Waals surface area (Å²) in [5, 5.41) is 15.8. The van der Waals surface area contributed by atoms with Gasteiger partial charge in [-0.1, -0.05) is 0 Å². The maximum absolute atomic E-state index is 9.59. The summed E-state index contributed by atoms with van der Waals surface area (Å²) in [7, 11) is 0. The first-order valence-electron chi connectivity index (χ1n) is 3.91. The standard InChI is InChI=1S/C4H8O3.C4H10O2/c1-3(2)7-4(5)6;1-4(2,3)6-5/h3H,1-2H3,(H,5,6);5H,1-3H3. The van der Waals surface area contributed by atoms with Crippen LogP contribution < -0.4 is 0 Å². The summed E-state index contributed by atoms with van der Waals surface area (Å²) in [6, 6.07) is 0. The highest BCUT2D eigenvalue weighted by atomic mass is 17.1. The van der Waals surface area contributed by atoms with Crippen LogP contribution in [-0.2, 0) is 9.62 Å². The summed E-state index contributed by atoms with van der Waals surface area (Å²) in [6.07, 6.45) is -1.44. The Balaban J connectivity index is 0. The quantitative estimate of drug-likeness (QED) is 0.380. The van der Waals surface area contributed by atoms with Gasteiger partial charge in [-0.3, -0.25) is 5.26 Å². The van der Waals surface area contributed by atoms with Crippen LogP contribution in [0.5, 0.6) is 0 Å². The zero-order chi connectivity index (χ0) is 11.1. The number of carboxylic acid groups (broad SMARTS) is 1. The van der Waals surface area contributed by atoms with Crippen molar-refractivity contribution in [2.24, 2.45) is 0 Å². The maximum Gasteiger partial charge on any atom is 0.506 e. The van der Waals surface area contributed by atoms with E-state index in [1.54, 1.807) is 34.6 Å². The Morgan fingerprint density at radius 2 is 1.62 bits per heavy atom. The van der Waals surface area contributed by atoms with Crippen molar-refractivity contribution >= 4 is 6.16 Å². The smallest absolute Gasteiger partial charge is 0.450 e. The zero-order valence-corrected chi connectivity index (χ0v) is 8.70. The second kappa shape index (κ2) is 6.68. The Morgan fingerprint density at radius 1 is 1.31 bits per heavy atom. The molecule has 0 aromatic carbocycles. The van der Waals surface area contributed by atoms with E-state index in [0.29, 0.717) is 0 Å². The van der Waals surface area contributed by atoms with Gasteiger partial charge >= 0.3 is 6.16 Å². The fourth-order valence-electron chi connectivity index (χ4n) is 0.202. The molecule has 0 heterocycles. The van der Waals surface area contributed by atoms with Crippen LogP contribution in [0.2, 0.25) is 0 Å². The average Bonchev–Trinajstić information content (AvgIpc) is 1.84. The molecule has 0 radical (unpaired) electrons. The zero-order valence-electron chi connectivity index (χ0n) is 8.70. The Morgan fingerprint density at radius 3 is 1.62 bits per heavy atom. The van der Waals surface area contributed by atoms with Crippen LogP contribution in [-0.4, -0.2) is 28.2 Å². The van der Waals surface area contributed by atoms with Crippen LogP contribution in [0.25, 0.3) is 0 Å². The minimum Gasteiger partial charge on any atom is -0.450 e. The van der Waals surface area contributed by atoms with E-state index in [9.17, 15) is 4.79 Å². The molecular weight excluding hydrogens is 176 g/mol. The maximum atomic E-state index is 9.59. The summed E-state index contributed by atoms with van der Waals surface area (Å²) >= 11 is 0. The summed E-state index contributed by atoms with van der Waals surface area (Å²) in [4.78, 5) is 13.5. The molecule has 0 aliphatic rings. The molecule has 0 unspecified atom stereocenters. The third kappa shape index (κ3) is 24.7. The molecular formula is C8H18O5. The van der Waals surface area contributed by atoms with Gasteiger partial charge in [-0.25, -0.2) is 9.68 Å². The highest BCUT2D eigenvalue weighted by Gasteiger charge is 2.07. The molecule has 5 nitrogen and oxygen atoms in total. The third-order valence-electron chi connectivity index (χ3n) is 0.610. The van der Waals surface area contributed by atoms with Gasteiger partial charge in [0.25, 0.3) is 0 Å².